The molecule has 0 radical (unpaired) electrons. The smallest absolute Gasteiger partial charge is 0.305 e. The fourth-order valence-electron chi connectivity index (χ4n) is 2.18. The average molecular weight is 277 g/mol. The highest BCUT2D eigenvalue weighted by atomic mass is 16.5. The summed E-state index contributed by atoms with van der Waals surface area (Å²) in [6.45, 7) is 4.47. The van der Waals surface area contributed by atoms with Gasteiger partial charge in [0, 0.05) is 12.5 Å². The average Bonchev–Trinajstić information content (AvgIpc) is 2.46. The third kappa shape index (κ3) is 6.20. The molecule has 0 saturated heterocycles. The number of hydrogen-bond acceptors (Lipinski definition) is 3. The lowest BCUT2D eigenvalue weighted by Crippen LogP contribution is -2.11. The quantitative estimate of drug-likeness (QED) is 0.699. The van der Waals surface area contributed by atoms with Crippen LogP contribution >= 0.6 is 0 Å². The molecule has 3 nitrogen and oxygen atoms in total. The molecule has 1 rings (SSSR count). The molecule has 2 N–H and O–H groups in total. The van der Waals surface area contributed by atoms with Gasteiger partial charge in [-0.3, -0.25) is 4.79 Å². The van der Waals surface area contributed by atoms with Crippen molar-refractivity contribution in [3.63, 3.8) is 0 Å². The minimum absolute atomic E-state index is 0.00431. The molecule has 0 heterocycles. The lowest BCUT2D eigenvalue weighted by atomic mass is 9.99. The van der Waals surface area contributed by atoms with Crippen LogP contribution in [0, 0.1) is 0 Å². The Kier molecular flexibility index (Phi) is 7.97. The van der Waals surface area contributed by atoms with Gasteiger partial charge in [0.25, 0.3) is 0 Å². The maximum Gasteiger partial charge on any atom is 0.305 e. The van der Waals surface area contributed by atoms with Crippen molar-refractivity contribution in [1.82, 2.24) is 0 Å². The molecule has 0 bridgehead atoms. The zero-order chi connectivity index (χ0) is 14.8. The molecule has 0 aliphatic rings. The molecule has 0 aliphatic carbocycles. The molecule has 0 aliphatic heterocycles. The highest BCUT2D eigenvalue weighted by molar-refractivity contribution is 5.69. The number of benzene rings is 1. The molecular weight excluding hydrogens is 250 g/mol. The Balaban J connectivity index is 2.35. The van der Waals surface area contributed by atoms with Crippen molar-refractivity contribution in [3.8, 4) is 0 Å². The largest absolute Gasteiger partial charge is 0.466 e. The lowest BCUT2D eigenvalue weighted by molar-refractivity contribution is -0.143. The van der Waals surface area contributed by atoms with Crippen LogP contribution in [0.1, 0.15) is 63.1 Å². The third-order valence-corrected chi connectivity index (χ3v) is 3.43. The molecule has 1 aromatic carbocycles. The highest BCUT2D eigenvalue weighted by Gasteiger charge is 2.08. The molecule has 0 spiro atoms. The van der Waals surface area contributed by atoms with Gasteiger partial charge in [-0.2, -0.15) is 0 Å². The lowest BCUT2D eigenvalue weighted by Gasteiger charge is -2.12. The number of ether oxygens (including phenoxy) is 1. The monoisotopic (exact) mass is 277 g/mol. The van der Waals surface area contributed by atoms with E-state index >= 15 is 0 Å². The highest BCUT2D eigenvalue weighted by Crippen LogP contribution is 2.18. The van der Waals surface area contributed by atoms with Gasteiger partial charge < -0.3 is 10.5 Å². The first-order valence-electron chi connectivity index (χ1n) is 7.67. The van der Waals surface area contributed by atoms with E-state index in [4.69, 9.17) is 10.5 Å². The van der Waals surface area contributed by atoms with Crippen LogP contribution in [0.5, 0.6) is 0 Å². The number of unbranched alkanes of at least 4 members (excludes halogenated alkanes) is 1. The Morgan fingerprint density at radius 1 is 1.20 bits per heavy atom. The van der Waals surface area contributed by atoms with Crippen molar-refractivity contribution < 1.29 is 9.53 Å². The van der Waals surface area contributed by atoms with Gasteiger partial charge in [-0.15, -0.1) is 0 Å². The van der Waals surface area contributed by atoms with E-state index in [2.05, 4.69) is 31.2 Å². The Morgan fingerprint density at radius 3 is 2.50 bits per heavy atom. The standard InChI is InChI=1S/C17H27NO2/c1-3-5-7-14-10-12-15(13-11-14)16(18)8-6-9-17(19)20-4-2/h10-13,16H,3-9,18H2,1-2H3. The Bertz CT molecular complexity index is 386. The van der Waals surface area contributed by atoms with E-state index in [1.807, 2.05) is 6.92 Å². The summed E-state index contributed by atoms with van der Waals surface area (Å²) in [6, 6.07) is 8.55. The Morgan fingerprint density at radius 2 is 1.90 bits per heavy atom. The molecule has 1 aromatic rings. The number of nitrogens with two attached hydrogens (primary N) is 1. The number of esters is 1. The molecule has 3 heteroatoms. The zero-order valence-corrected chi connectivity index (χ0v) is 12.7. The van der Waals surface area contributed by atoms with Gasteiger partial charge in [0.1, 0.15) is 0 Å². The van der Waals surface area contributed by atoms with E-state index in [-0.39, 0.29) is 12.0 Å². The van der Waals surface area contributed by atoms with Crippen molar-refractivity contribution in [2.24, 2.45) is 5.73 Å². The summed E-state index contributed by atoms with van der Waals surface area (Å²) < 4.78 is 4.90. The number of carbonyl (C=O) groups is 1. The van der Waals surface area contributed by atoms with Crippen LogP contribution in [0.25, 0.3) is 0 Å². The molecule has 0 saturated carbocycles. The minimum Gasteiger partial charge on any atom is -0.466 e. The fraction of sp³-hybridized carbons (Fsp3) is 0.588. The first-order chi connectivity index (χ1) is 9.67. The van der Waals surface area contributed by atoms with Gasteiger partial charge >= 0.3 is 5.97 Å². The number of hydrogen-bond donors (Lipinski definition) is 1. The van der Waals surface area contributed by atoms with Crippen LogP contribution in [0.15, 0.2) is 24.3 Å². The van der Waals surface area contributed by atoms with Crippen molar-refractivity contribution in [2.75, 3.05) is 6.61 Å². The van der Waals surface area contributed by atoms with Crippen molar-refractivity contribution >= 4 is 5.97 Å². The predicted octanol–water partition coefficient (Wildman–Crippen LogP) is 3.76. The predicted molar refractivity (Wildman–Crippen MR) is 82.5 cm³/mol. The molecule has 0 fully saturated rings. The Labute approximate surface area is 122 Å². The summed E-state index contributed by atoms with van der Waals surface area (Å²) in [4.78, 5) is 11.2. The first-order valence-corrected chi connectivity index (χ1v) is 7.67. The summed E-state index contributed by atoms with van der Waals surface area (Å²) in [5.41, 5.74) is 8.67. The summed E-state index contributed by atoms with van der Waals surface area (Å²) in [7, 11) is 0. The second-order valence-corrected chi connectivity index (χ2v) is 5.15. The van der Waals surface area contributed by atoms with Crippen molar-refractivity contribution in [3.05, 3.63) is 35.4 Å². The van der Waals surface area contributed by atoms with Gasteiger partial charge in [-0.1, -0.05) is 37.6 Å². The molecular formula is C17H27NO2. The molecule has 0 aromatic heterocycles. The summed E-state index contributed by atoms with van der Waals surface area (Å²) in [6.07, 6.45) is 5.62. The molecule has 112 valence electrons. The topological polar surface area (TPSA) is 52.3 Å². The molecule has 1 atom stereocenters. The molecule has 0 amide bonds. The van der Waals surface area contributed by atoms with Gasteiger partial charge in [0.15, 0.2) is 0 Å². The van der Waals surface area contributed by atoms with Gasteiger partial charge in [-0.05, 0) is 43.7 Å². The van der Waals surface area contributed by atoms with Crippen LogP contribution in [-0.2, 0) is 16.0 Å². The first kappa shape index (κ1) is 16.7. The minimum atomic E-state index is -0.130. The maximum atomic E-state index is 11.2. The molecule has 20 heavy (non-hydrogen) atoms. The van der Waals surface area contributed by atoms with Crippen LogP contribution < -0.4 is 5.73 Å². The number of carbonyl (C=O) groups excluding carboxylic acids is 1. The summed E-state index contributed by atoms with van der Waals surface area (Å²) in [5.74, 6) is -0.130. The van der Waals surface area contributed by atoms with Gasteiger partial charge in [0.2, 0.25) is 0 Å². The van der Waals surface area contributed by atoms with E-state index < -0.39 is 0 Å². The second-order valence-electron chi connectivity index (χ2n) is 5.15. The third-order valence-electron chi connectivity index (χ3n) is 3.43. The molecule has 1 unspecified atom stereocenters. The van der Waals surface area contributed by atoms with Crippen LogP contribution in [0.2, 0.25) is 0 Å². The zero-order valence-electron chi connectivity index (χ0n) is 12.7. The van der Waals surface area contributed by atoms with Crippen LogP contribution in [0.3, 0.4) is 0 Å². The van der Waals surface area contributed by atoms with Crippen molar-refractivity contribution in [2.45, 2.75) is 58.4 Å². The fourth-order valence-corrected chi connectivity index (χ4v) is 2.18. The van der Waals surface area contributed by atoms with E-state index in [1.54, 1.807) is 0 Å². The SMILES string of the molecule is CCCCc1ccc(C(N)CCCC(=O)OCC)cc1. The van der Waals surface area contributed by atoms with E-state index in [0.717, 1.165) is 24.8 Å². The maximum absolute atomic E-state index is 11.2. The number of rotatable bonds is 9. The van der Waals surface area contributed by atoms with Crippen LogP contribution in [-0.4, -0.2) is 12.6 Å². The van der Waals surface area contributed by atoms with Crippen LogP contribution in [0.4, 0.5) is 0 Å². The second kappa shape index (κ2) is 9.54. The van der Waals surface area contributed by atoms with E-state index in [1.165, 1.54) is 18.4 Å². The van der Waals surface area contributed by atoms with Crippen molar-refractivity contribution in [1.29, 1.82) is 0 Å². The number of aryl methyl sites for hydroxylation is 1. The normalized spacial score (nSPS) is 12.2. The van der Waals surface area contributed by atoms with E-state index in [9.17, 15) is 4.79 Å². The summed E-state index contributed by atoms with van der Waals surface area (Å²) >= 11 is 0. The Hall–Kier alpha value is -1.35. The van der Waals surface area contributed by atoms with E-state index in [0.29, 0.717) is 13.0 Å². The summed E-state index contributed by atoms with van der Waals surface area (Å²) in [5, 5.41) is 0. The van der Waals surface area contributed by atoms with Gasteiger partial charge in [0.05, 0.1) is 6.61 Å². The van der Waals surface area contributed by atoms with Gasteiger partial charge in [-0.25, -0.2) is 0 Å².